The second kappa shape index (κ2) is 6.66. The predicted octanol–water partition coefficient (Wildman–Crippen LogP) is 1.67. The highest BCUT2D eigenvalue weighted by atomic mass is 32.2. The summed E-state index contributed by atoms with van der Waals surface area (Å²) in [5.41, 5.74) is 0. The van der Waals surface area contributed by atoms with Crippen LogP contribution in [0.25, 0.3) is 0 Å². The van der Waals surface area contributed by atoms with Crippen molar-refractivity contribution >= 4 is 27.3 Å². The molecule has 2 aromatic heterocycles. The largest absolute Gasteiger partial charge is 0.481 e. The van der Waals surface area contributed by atoms with Gasteiger partial charge in [-0.1, -0.05) is 0 Å². The maximum absolute atomic E-state index is 12.8. The van der Waals surface area contributed by atoms with Gasteiger partial charge in [0.25, 0.3) is 0 Å². The van der Waals surface area contributed by atoms with Gasteiger partial charge in [0, 0.05) is 48.2 Å². The van der Waals surface area contributed by atoms with Crippen LogP contribution >= 0.6 is 11.3 Å². The number of anilines is 1. The fourth-order valence-corrected chi connectivity index (χ4v) is 5.68. The van der Waals surface area contributed by atoms with Crippen LogP contribution < -0.4 is 9.64 Å². The Kier molecular flexibility index (Phi) is 4.75. The molecule has 24 heavy (non-hydrogen) atoms. The second-order valence-electron chi connectivity index (χ2n) is 5.57. The Morgan fingerprint density at radius 1 is 1.21 bits per heavy atom. The maximum Gasteiger partial charge on any atom is 0.244 e. The monoisotopic (exact) mass is 368 g/mol. The van der Waals surface area contributed by atoms with E-state index in [2.05, 4.69) is 9.97 Å². The van der Waals surface area contributed by atoms with Crippen molar-refractivity contribution in [3.05, 3.63) is 28.1 Å². The number of ether oxygens (including phenoxy) is 1. The van der Waals surface area contributed by atoms with Crippen molar-refractivity contribution < 1.29 is 13.2 Å². The summed E-state index contributed by atoms with van der Waals surface area (Å²) < 4.78 is 32.3. The van der Waals surface area contributed by atoms with Crippen LogP contribution in [-0.4, -0.2) is 56.0 Å². The lowest BCUT2D eigenvalue weighted by molar-refractivity contribution is 0.377. The Morgan fingerprint density at radius 3 is 2.50 bits per heavy atom. The highest BCUT2D eigenvalue weighted by molar-refractivity contribution is 7.89. The highest BCUT2D eigenvalue weighted by Crippen LogP contribution is 2.28. The van der Waals surface area contributed by atoms with E-state index >= 15 is 0 Å². The van der Waals surface area contributed by atoms with Crippen molar-refractivity contribution in [1.82, 2.24) is 14.3 Å². The van der Waals surface area contributed by atoms with Crippen LogP contribution in [0.15, 0.2) is 23.2 Å². The summed E-state index contributed by atoms with van der Waals surface area (Å²) in [7, 11) is -1.88. The molecule has 0 radical (unpaired) electrons. The average Bonchev–Trinajstić information content (AvgIpc) is 2.94. The number of nitrogens with zero attached hydrogens (tertiary/aromatic N) is 4. The molecule has 0 aliphatic carbocycles. The molecule has 0 unspecified atom stereocenters. The number of sulfonamides is 1. The lowest BCUT2D eigenvalue weighted by Gasteiger charge is -2.33. The molecule has 3 rings (SSSR count). The number of methoxy groups -OCH3 is 1. The van der Waals surface area contributed by atoms with E-state index in [4.69, 9.17) is 4.74 Å². The molecule has 0 N–H and O–H groups in total. The standard InChI is InChI=1S/C15H20N4O3S2/c1-11-10-13(12(2)23-11)24(20,21)19-8-6-18(7-9-19)15-16-5-4-14(17-15)22-3/h4-5,10H,6-9H2,1-3H3. The molecule has 9 heteroatoms. The van der Waals surface area contributed by atoms with Crippen LogP contribution in [0.1, 0.15) is 9.75 Å². The van der Waals surface area contributed by atoms with Crippen LogP contribution in [0.4, 0.5) is 5.95 Å². The molecule has 1 aliphatic rings. The SMILES string of the molecule is COc1ccnc(N2CCN(S(=O)(=O)c3cc(C)sc3C)CC2)n1. The molecular weight excluding hydrogens is 348 g/mol. The van der Waals surface area contributed by atoms with Crippen molar-refractivity contribution in [3.8, 4) is 5.88 Å². The van der Waals surface area contributed by atoms with Gasteiger partial charge in [-0.25, -0.2) is 13.4 Å². The molecule has 0 atom stereocenters. The quantitative estimate of drug-likeness (QED) is 0.817. The Bertz CT molecular complexity index is 827. The van der Waals surface area contributed by atoms with Gasteiger partial charge in [-0.05, 0) is 19.9 Å². The number of hydrogen-bond acceptors (Lipinski definition) is 7. The van der Waals surface area contributed by atoms with Gasteiger partial charge in [0.15, 0.2) is 0 Å². The molecule has 1 saturated heterocycles. The Balaban J connectivity index is 1.73. The van der Waals surface area contributed by atoms with Crippen LogP contribution in [0.3, 0.4) is 0 Å². The van der Waals surface area contributed by atoms with E-state index in [1.807, 2.05) is 18.7 Å². The van der Waals surface area contributed by atoms with Gasteiger partial charge in [-0.3, -0.25) is 0 Å². The van der Waals surface area contributed by atoms with E-state index in [9.17, 15) is 8.42 Å². The fraction of sp³-hybridized carbons (Fsp3) is 0.467. The van der Waals surface area contributed by atoms with Crippen molar-refractivity contribution in [1.29, 1.82) is 0 Å². The van der Waals surface area contributed by atoms with Crippen LogP contribution in [0, 0.1) is 13.8 Å². The summed E-state index contributed by atoms with van der Waals surface area (Å²) in [4.78, 5) is 12.8. The topological polar surface area (TPSA) is 75.6 Å². The summed E-state index contributed by atoms with van der Waals surface area (Å²) in [6, 6.07) is 3.44. The summed E-state index contributed by atoms with van der Waals surface area (Å²) >= 11 is 1.51. The minimum absolute atomic E-state index is 0.414. The molecule has 0 spiro atoms. The summed E-state index contributed by atoms with van der Waals surface area (Å²) in [6.45, 7) is 5.71. The Hall–Kier alpha value is -1.71. The summed E-state index contributed by atoms with van der Waals surface area (Å²) in [5, 5.41) is 0. The smallest absolute Gasteiger partial charge is 0.244 e. The third-order valence-corrected chi connectivity index (χ3v) is 7.08. The number of rotatable bonds is 4. The molecule has 130 valence electrons. The zero-order valence-electron chi connectivity index (χ0n) is 13.9. The number of thiophene rings is 1. The maximum atomic E-state index is 12.8. The minimum Gasteiger partial charge on any atom is -0.481 e. The van der Waals surface area contributed by atoms with Gasteiger partial charge in [-0.15, -0.1) is 11.3 Å². The second-order valence-corrected chi connectivity index (χ2v) is 8.93. The van der Waals surface area contributed by atoms with E-state index in [0.717, 1.165) is 9.75 Å². The van der Waals surface area contributed by atoms with E-state index < -0.39 is 10.0 Å². The minimum atomic E-state index is -3.44. The van der Waals surface area contributed by atoms with Gasteiger partial charge < -0.3 is 9.64 Å². The van der Waals surface area contributed by atoms with E-state index in [1.54, 1.807) is 25.4 Å². The molecule has 7 nitrogen and oxygen atoms in total. The molecule has 1 fully saturated rings. The number of hydrogen-bond donors (Lipinski definition) is 0. The first-order valence-electron chi connectivity index (χ1n) is 7.61. The molecule has 0 bridgehead atoms. The normalized spacial score (nSPS) is 16.4. The zero-order chi connectivity index (χ0) is 17.3. The predicted molar refractivity (Wildman–Crippen MR) is 93.3 cm³/mol. The zero-order valence-corrected chi connectivity index (χ0v) is 15.5. The molecule has 3 heterocycles. The number of aromatic nitrogens is 2. The molecule has 2 aromatic rings. The van der Waals surface area contributed by atoms with Crippen molar-refractivity contribution in [2.75, 3.05) is 38.2 Å². The Morgan fingerprint density at radius 2 is 1.92 bits per heavy atom. The van der Waals surface area contributed by atoms with E-state index in [-0.39, 0.29) is 0 Å². The first-order chi connectivity index (χ1) is 11.4. The highest BCUT2D eigenvalue weighted by Gasteiger charge is 2.31. The van der Waals surface area contributed by atoms with Gasteiger partial charge in [-0.2, -0.15) is 9.29 Å². The number of piperazine rings is 1. The van der Waals surface area contributed by atoms with Gasteiger partial charge in [0.05, 0.1) is 12.0 Å². The molecule has 0 aromatic carbocycles. The molecular formula is C15H20N4O3S2. The van der Waals surface area contributed by atoms with Crippen molar-refractivity contribution in [2.24, 2.45) is 0 Å². The van der Waals surface area contributed by atoms with Gasteiger partial charge >= 0.3 is 0 Å². The molecule has 1 aliphatic heterocycles. The Labute approximate surface area is 146 Å². The summed E-state index contributed by atoms with van der Waals surface area (Å²) in [6.07, 6.45) is 1.64. The number of aryl methyl sites for hydroxylation is 2. The molecule has 0 amide bonds. The average molecular weight is 368 g/mol. The van der Waals surface area contributed by atoms with Gasteiger partial charge in [0.2, 0.25) is 21.9 Å². The first kappa shape index (κ1) is 17.1. The van der Waals surface area contributed by atoms with Crippen molar-refractivity contribution in [2.45, 2.75) is 18.7 Å². The van der Waals surface area contributed by atoms with Crippen molar-refractivity contribution in [3.63, 3.8) is 0 Å². The third kappa shape index (κ3) is 3.24. The van der Waals surface area contributed by atoms with E-state index in [0.29, 0.717) is 42.9 Å². The molecule has 0 saturated carbocycles. The van der Waals surface area contributed by atoms with E-state index in [1.165, 1.54) is 15.6 Å². The van der Waals surface area contributed by atoms with Crippen LogP contribution in [0.2, 0.25) is 0 Å². The fourth-order valence-electron chi connectivity index (χ4n) is 2.73. The van der Waals surface area contributed by atoms with Crippen LogP contribution in [-0.2, 0) is 10.0 Å². The first-order valence-corrected chi connectivity index (χ1v) is 9.86. The summed E-state index contributed by atoms with van der Waals surface area (Å²) in [5.74, 6) is 1.06. The van der Waals surface area contributed by atoms with Crippen LogP contribution in [0.5, 0.6) is 5.88 Å². The third-order valence-electron chi connectivity index (χ3n) is 3.96. The lowest BCUT2D eigenvalue weighted by Crippen LogP contribution is -2.49. The van der Waals surface area contributed by atoms with Gasteiger partial charge in [0.1, 0.15) is 0 Å². The lowest BCUT2D eigenvalue weighted by atomic mass is 10.4.